The number of likely N-dealkylation sites (tertiary alicyclic amines) is 2. The van der Waals surface area contributed by atoms with Crippen LogP contribution in [0.15, 0.2) is 22.7 Å². The van der Waals surface area contributed by atoms with Crippen LogP contribution in [0.2, 0.25) is 0 Å². The van der Waals surface area contributed by atoms with Gasteiger partial charge in [0.1, 0.15) is 22.6 Å². The van der Waals surface area contributed by atoms with E-state index in [-0.39, 0.29) is 0 Å². The molecule has 2 fully saturated rings. The largest absolute Gasteiger partial charge is 0.505 e. The molecular formula is C18H24N4O4. The molecule has 0 spiro atoms. The number of aliphatic hydroxyl groups excluding tert-OH is 2. The third-order valence-electron chi connectivity index (χ3n) is 5.16. The van der Waals surface area contributed by atoms with Gasteiger partial charge in [0.15, 0.2) is 11.5 Å². The normalized spacial score (nSPS) is 22.2. The summed E-state index contributed by atoms with van der Waals surface area (Å²) in [7, 11) is 0. The summed E-state index contributed by atoms with van der Waals surface area (Å²) < 4.78 is 0. The van der Waals surface area contributed by atoms with Crippen LogP contribution in [0, 0.1) is 10.8 Å². The summed E-state index contributed by atoms with van der Waals surface area (Å²) in [6, 6.07) is 0. The van der Waals surface area contributed by atoms with Crippen LogP contribution in [0.5, 0.6) is 0 Å². The van der Waals surface area contributed by atoms with Gasteiger partial charge in [0.25, 0.3) is 11.8 Å². The highest BCUT2D eigenvalue weighted by Gasteiger charge is 2.39. The molecule has 2 heterocycles. The summed E-state index contributed by atoms with van der Waals surface area (Å²) in [5, 5.41) is 37.0. The van der Waals surface area contributed by atoms with Gasteiger partial charge in [-0.15, -0.1) is 0 Å². The molecule has 2 amide bonds. The van der Waals surface area contributed by atoms with E-state index in [1.807, 2.05) is 0 Å². The van der Waals surface area contributed by atoms with E-state index in [2.05, 4.69) is 0 Å². The van der Waals surface area contributed by atoms with Gasteiger partial charge in [0.05, 0.1) is 0 Å². The number of carbonyl (C=O) groups excluding carboxylic acids is 2. The minimum absolute atomic E-state index is 0.399. The number of hydrogen-bond acceptors (Lipinski definition) is 6. The van der Waals surface area contributed by atoms with Crippen LogP contribution < -0.4 is 0 Å². The molecule has 2 saturated heterocycles. The number of aliphatic hydroxyl groups is 2. The van der Waals surface area contributed by atoms with E-state index in [1.54, 1.807) is 0 Å². The average molecular weight is 360 g/mol. The molecule has 0 saturated carbocycles. The molecule has 0 aromatic carbocycles. The number of hydrogen-bond donors (Lipinski definition) is 4. The van der Waals surface area contributed by atoms with Gasteiger partial charge in [-0.3, -0.25) is 20.4 Å². The molecule has 3 aliphatic rings. The Morgan fingerprint density at radius 3 is 1.27 bits per heavy atom. The molecule has 26 heavy (non-hydrogen) atoms. The smallest absolute Gasteiger partial charge is 0.260 e. The monoisotopic (exact) mass is 360 g/mol. The van der Waals surface area contributed by atoms with Gasteiger partial charge in [-0.25, -0.2) is 0 Å². The fraction of sp³-hybridized carbons (Fsp3) is 0.556. The molecule has 0 unspecified atom stereocenters. The Hall–Kier alpha value is -2.64. The maximum atomic E-state index is 12.7. The first kappa shape index (κ1) is 18.2. The van der Waals surface area contributed by atoms with E-state index in [9.17, 15) is 19.8 Å². The Bertz CT molecular complexity index is 663. The topological polar surface area (TPSA) is 129 Å². The van der Waals surface area contributed by atoms with Crippen LogP contribution >= 0.6 is 0 Å². The van der Waals surface area contributed by atoms with Crippen LogP contribution in [0.3, 0.4) is 0 Å². The third-order valence-corrected chi connectivity index (χ3v) is 5.16. The second-order valence-electron chi connectivity index (χ2n) is 6.90. The summed E-state index contributed by atoms with van der Waals surface area (Å²) in [6.07, 6.45) is 5.38. The maximum absolute atomic E-state index is 12.7. The molecule has 8 nitrogen and oxygen atoms in total. The van der Waals surface area contributed by atoms with E-state index < -0.39 is 45.9 Å². The molecular weight excluding hydrogens is 336 g/mol. The number of carbonyl (C=O) groups is 2. The summed E-state index contributed by atoms with van der Waals surface area (Å²) in [5.41, 5.74) is -1.97. The van der Waals surface area contributed by atoms with Gasteiger partial charge < -0.3 is 20.0 Å². The first-order chi connectivity index (χ1) is 12.4. The van der Waals surface area contributed by atoms with Crippen molar-refractivity contribution in [2.45, 2.75) is 38.5 Å². The molecule has 8 heteroatoms. The molecule has 1 aliphatic carbocycles. The summed E-state index contributed by atoms with van der Waals surface area (Å²) >= 11 is 0. The first-order valence-electron chi connectivity index (χ1n) is 9.07. The van der Waals surface area contributed by atoms with Crippen LogP contribution in [-0.4, -0.2) is 69.4 Å². The zero-order valence-electron chi connectivity index (χ0n) is 14.7. The fourth-order valence-electron chi connectivity index (χ4n) is 3.65. The third kappa shape index (κ3) is 3.11. The molecule has 3 rings (SSSR count). The van der Waals surface area contributed by atoms with Gasteiger partial charge >= 0.3 is 0 Å². The van der Waals surface area contributed by atoms with Crippen LogP contribution in [0.4, 0.5) is 0 Å². The fourth-order valence-corrected chi connectivity index (χ4v) is 3.65. The van der Waals surface area contributed by atoms with E-state index in [0.29, 0.717) is 26.2 Å². The zero-order valence-corrected chi connectivity index (χ0v) is 14.7. The van der Waals surface area contributed by atoms with Gasteiger partial charge in [-0.05, 0) is 38.5 Å². The van der Waals surface area contributed by atoms with Crippen molar-refractivity contribution in [3.63, 3.8) is 0 Å². The van der Waals surface area contributed by atoms with Crippen LogP contribution in [0.1, 0.15) is 38.5 Å². The van der Waals surface area contributed by atoms with Crippen molar-refractivity contribution in [2.24, 2.45) is 0 Å². The predicted octanol–water partition coefficient (Wildman–Crippen LogP) is 1.69. The number of nitrogens with zero attached hydrogens (tertiary/aromatic N) is 2. The minimum Gasteiger partial charge on any atom is -0.505 e. The quantitative estimate of drug-likeness (QED) is 0.558. The van der Waals surface area contributed by atoms with Crippen molar-refractivity contribution in [2.75, 3.05) is 26.2 Å². The zero-order chi connectivity index (χ0) is 18.8. The van der Waals surface area contributed by atoms with Crippen molar-refractivity contribution in [1.29, 1.82) is 10.8 Å². The predicted molar refractivity (Wildman–Crippen MR) is 95.6 cm³/mol. The maximum Gasteiger partial charge on any atom is 0.260 e. The Labute approximate surface area is 151 Å². The first-order valence-corrected chi connectivity index (χ1v) is 9.07. The molecule has 0 atom stereocenters. The lowest BCUT2D eigenvalue weighted by Crippen LogP contribution is -2.43. The lowest BCUT2D eigenvalue weighted by Gasteiger charge is -2.31. The van der Waals surface area contributed by atoms with Crippen molar-refractivity contribution < 1.29 is 19.8 Å². The second-order valence-corrected chi connectivity index (χ2v) is 6.90. The number of rotatable bonds is 2. The Morgan fingerprint density at radius 2 is 0.962 bits per heavy atom. The van der Waals surface area contributed by atoms with Crippen LogP contribution in [-0.2, 0) is 9.59 Å². The second kappa shape index (κ2) is 7.31. The number of piperidine rings is 2. The number of nitrogens with one attached hydrogen (secondary N) is 2. The van der Waals surface area contributed by atoms with E-state index in [4.69, 9.17) is 10.8 Å². The molecule has 0 bridgehead atoms. The molecule has 0 aromatic heterocycles. The van der Waals surface area contributed by atoms with Crippen molar-refractivity contribution in [1.82, 2.24) is 9.80 Å². The van der Waals surface area contributed by atoms with Gasteiger partial charge in [-0.2, -0.15) is 0 Å². The number of amides is 2. The SMILES string of the molecule is N=C1C(O)=C(C(=O)N2CCCCC2)C(=N)C(O)=C1C(=O)N1CCCCC1. The molecule has 0 aromatic rings. The van der Waals surface area contributed by atoms with E-state index in [0.717, 1.165) is 38.5 Å². The van der Waals surface area contributed by atoms with Gasteiger partial charge in [-0.1, -0.05) is 0 Å². The van der Waals surface area contributed by atoms with Gasteiger partial charge in [0.2, 0.25) is 0 Å². The molecule has 0 radical (unpaired) electrons. The Kier molecular flexibility index (Phi) is 5.11. The van der Waals surface area contributed by atoms with Crippen molar-refractivity contribution in [3.8, 4) is 0 Å². The lowest BCUT2D eigenvalue weighted by molar-refractivity contribution is -0.128. The molecule has 140 valence electrons. The van der Waals surface area contributed by atoms with E-state index >= 15 is 0 Å². The number of allylic oxidation sites excluding steroid dienone is 2. The molecule has 4 N–H and O–H groups in total. The van der Waals surface area contributed by atoms with Crippen molar-refractivity contribution in [3.05, 3.63) is 22.7 Å². The highest BCUT2D eigenvalue weighted by molar-refractivity contribution is 6.40. The Balaban J connectivity index is 1.89. The van der Waals surface area contributed by atoms with Crippen LogP contribution in [0.25, 0.3) is 0 Å². The standard InChI is InChI=1S/C18H24N4O4/c19-13-11(17(25)21-7-3-1-4-8-21)15(23)14(20)12(16(13)24)18(26)22-9-5-2-6-10-22/h19-20,23-24H,1-10H2. The van der Waals surface area contributed by atoms with Crippen molar-refractivity contribution >= 4 is 23.2 Å². The minimum atomic E-state index is -0.705. The van der Waals surface area contributed by atoms with E-state index in [1.165, 1.54) is 9.80 Å². The summed E-state index contributed by atoms with van der Waals surface area (Å²) in [4.78, 5) is 28.4. The molecule has 2 aliphatic heterocycles. The Morgan fingerprint density at radius 1 is 0.654 bits per heavy atom. The van der Waals surface area contributed by atoms with Gasteiger partial charge in [0, 0.05) is 26.2 Å². The average Bonchev–Trinajstić information content (AvgIpc) is 2.68. The summed E-state index contributed by atoms with van der Waals surface area (Å²) in [6.45, 7) is 2.06. The lowest BCUT2D eigenvalue weighted by atomic mass is 9.90. The highest BCUT2D eigenvalue weighted by Crippen LogP contribution is 2.27. The summed E-state index contributed by atoms with van der Waals surface area (Å²) in [5.74, 6) is -2.56. The highest BCUT2D eigenvalue weighted by atomic mass is 16.3.